The summed E-state index contributed by atoms with van der Waals surface area (Å²) < 4.78 is 0. The standard InChI is InChI=1S/C38H54N5O6.Ac/c1-4-16-29(35(45)42-31(38(48)49)24-25-18-10-7-11-19-25)41-37(47)33(43-36(46)30(17-5-2)40-34(44)28(39)6-3)32(26-20-12-8-13-21-26)27-22-14-9-15-23-27;/h8-9,12-15,20-23,25,28-33,39H,4-7,10-11,16-19,24H2,1-3H3,(H,40,44)(H,41,47)(H,42,45)(H,43,46)(H,48,49);/q-1;/t28-,29-,30-,31-,33-;/m0./s1. The number of carbonyl (C=O) groups is 5. The van der Waals surface area contributed by atoms with Gasteiger partial charge in [0.1, 0.15) is 24.2 Å². The summed E-state index contributed by atoms with van der Waals surface area (Å²) in [5.74, 6) is -3.92. The quantitative estimate of drug-likeness (QED) is 0.129. The van der Waals surface area contributed by atoms with Gasteiger partial charge in [-0.3, -0.25) is 19.2 Å². The maximum absolute atomic E-state index is 14.4. The fraction of sp³-hybridized carbons (Fsp3) is 0.553. The van der Waals surface area contributed by atoms with Crippen molar-refractivity contribution in [3.63, 3.8) is 0 Å². The third-order valence-corrected chi connectivity index (χ3v) is 9.28. The SMILES string of the molecule is CCC[C@H](NC(=O)[C@@H](NC(=O)[C@H](CCC)NC(=O)[C@@H]([NH-])CC)C(c1ccccc1)c1ccccc1)C(=O)N[C@@H](CC1CCCCC1)C(=O)O.[Ac]. The molecule has 1 aliphatic rings. The van der Waals surface area contributed by atoms with Crippen LogP contribution >= 0.6 is 0 Å². The predicted molar refractivity (Wildman–Crippen MR) is 189 cm³/mol. The Morgan fingerprint density at radius 1 is 0.680 bits per heavy atom. The maximum Gasteiger partial charge on any atom is 0.326 e. The van der Waals surface area contributed by atoms with Crippen molar-refractivity contribution in [3.8, 4) is 0 Å². The van der Waals surface area contributed by atoms with Crippen molar-refractivity contribution in [3.05, 3.63) is 77.5 Å². The minimum absolute atomic E-state index is 0. The Morgan fingerprint density at radius 2 is 1.14 bits per heavy atom. The molecule has 5 atom stereocenters. The van der Waals surface area contributed by atoms with Gasteiger partial charge in [-0.2, -0.15) is 0 Å². The molecule has 1 fully saturated rings. The number of carboxylic acids is 1. The van der Waals surface area contributed by atoms with Crippen LogP contribution in [-0.4, -0.2) is 64.9 Å². The van der Waals surface area contributed by atoms with Gasteiger partial charge >= 0.3 is 5.97 Å². The average molecular weight is 904 g/mol. The maximum atomic E-state index is 14.4. The second kappa shape index (κ2) is 22.9. The number of carboxylic acid groups (broad SMARTS) is 1. The number of benzene rings is 2. The Hall–Kier alpha value is -2.81. The summed E-state index contributed by atoms with van der Waals surface area (Å²) in [6.45, 7) is 5.46. The molecule has 0 aliphatic heterocycles. The molecule has 1 aliphatic carbocycles. The van der Waals surface area contributed by atoms with Crippen molar-refractivity contribution in [2.75, 3.05) is 0 Å². The molecular weight excluding hydrogens is 849 g/mol. The van der Waals surface area contributed by atoms with Crippen LogP contribution in [0.2, 0.25) is 0 Å². The summed E-state index contributed by atoms with van der Waals surface area (Å²) in [6.07, 6.45) is 7.34. The summed E-state index contributed by atoms with van der Waals surface area (Å²) in [7, 11) is 0. The molecule has 0 heterocycles. The van der Waals surface area contributed by atoms with E-state index in [4.69, 9.17) is 5.73 Å². The molecule has 0 saturated heterocycles. The van der Waals surface area contributed by atoms with E-state index in [9.17, 15) is 29.1 Å². The van der Waals surface area contributed by atoms with Crippen LogP contribution < -0.4 is 21.3 Å². The van der Waals surface area contributed by atoms with Gasteiger partial charge in [0.2, 0.25) is 23.6 Å². The Bertz CT molecular complexity index is 1320. The largest absolute Gasteiger partial charge is 0.667 e. The summed E-state index contributed by atoms with van der Waals surface area (Å²) in [5, 5.41) is 21.1. The van der Waals surface area contributed by atoms with E-state index in [1.807, 2.05) is 74.5 Å². The number of hydrogen-bond acceptors (Lipinski definition) is 5. The van der Waals surface area contributed by atoms with Gasteiger partial charge in [0.05, 0.1) is 0 Å². The van der Waals surface area contributed by atoms with Gasteiger partial charge in [-0.25, -0.2) is 4.79 Å². The molecule has 6 N–H and O–H groups in total. The molecule has 4 amide bonds. The van der Waals surface area contributed by atoms with Crippen LogP contribution in [0, 0.1) is 50.0 Å². The van der Waals surface area contributed by atoms with Gasteiger partial charge < -0.3 is 32.1 Å². The third-order valence-electron chi connectivity index (χ3n) is 9.28. The van der Waals surface area contributed by atoms with Gasteiger partial charge in [-0.15, -0.1) is 0 Å². The first kappa shape index (κ1) is 43.4. The van der Waals surface area contributed by atoms with E-state index in [1.165, 1.54) is 0 Å². The first-order valence-corrected chi connectivity index (χ1v) is 17.8. The van der Waals surface area contributed by atoms with Gasteiger partial charge in [-0.1, -0.05) is 139 Å². The summed E-state index contributed by atoms with van der Waals surface area (Å²) in [5.41, 5.74) is 9.51. The zero-order valence-corrected chi connectivity index (χ0v) is 34.4. The summed E-state index contributed by atoms with van der Waals surface area (Å²) >= 11 is 0. The Kier molecular flexibility index (Phi) is 19.9. The number of hydrogen-bond donors (Lipinski definition) is 5. The molecule has 0 bridgehead atoms. The molecule has 11 nitrogen and oxygen atoms in total. The van der Waals surface area contributed by atoms with Crippen molar-refractivity contribution < 1.29 is 73.1 Å². The van der Waals surface area contributed by atoms with E-state index in [-0.39, 0.29) is 62.8 Å². The number of aliphatic carboxylic acids is 1. The van der Waals surface area contributed by atoms with Gasteiger partial charge in [0.25, 0.3) is 0 Å². The van der Waals surface area contributed by atoms with E-state index in [1.54, 1.807) is 6.92 Å². The fourth-order valence-electron chi connectivity index (χ4n) is 6.54. The molecule has 0 unspecified atom stereocenters. The number of amides is 4. The zero-order chi connectivity index (χ0) is 35.8. The number of rotatable bonds is 19. The van der Waals surface area contributed by atoms with Crippen LogP contribution in [0.1, 0.15) is 108 Å². The van der Waals surface area contributed by atoms with Crippen molar-refractivity contribution in [2.45, 2.75) is 128 Å². The van der Waals surface area contributed by atoms with Gasteiger partial charge in [-0.05, 0) is 36.3 Å². The molecule has 271 valence electrons. The smallest absolute Gasteiger partial charge is 0.326 e. The Morgan fingerprint density at radius 3 is 1.60 bits per heavy atom. The fourth-order valence-corrected chi connectivity index (χ4v) is 6.54. The molecule has 50 heavy (non-hydrogen) atoms. The normalized spacial score (nSPS) is 16.1. The minimum atomic E-state index is -1.21. The van der Waals surface area contributed by atoms with E-state index in [2.05, 4.69) is 21.3 Å². The third kappa shape index (κ3) is 13.4. The van der Waals surface area contributed by atoms with Crippen molar-refractivity contribution in [2.24, 2.45) is 5.92 Å². The Balaban J connectivity index is 0.00000867. The van der Waals surface area contributed by atoms with Crippen LogP contribution in [0.5, 0.6) is 0 Å². The van der Waals surface area contributed by atoms with Crippen LogP contribution in [-0.2, 0) is 24.0 Å². The molecule has 2 aromatic carbocycles. The van der Waals surface area contributed by atoms with Crippen LogP contribution in [0.25, 0.3) is 5.73 Å². The zero-order valence-electron chi connectivity index (χ0n) is 29.7. The second-order valence-corrected chi connectivity index (χ2v) is 13.1. The van der Waals surface area contributed by atoms with E-state index in [0.717, 1.165) is 43.2 Å². The first-order valence-electron chi connectivity index (χ1n) is 17.8. The molecule has 1 radical (unpaired) electrons. The van der Waals surface area contributed by atoms with Crippen LogP contribution in [0.15, 0.2) is 60.7 Å². The first-order chi connectivity index (χ1) is 23.6. The van der Waals surface area contributed by atoms with Crippen molar-refractivity contribution >= 4 is 29.6 Å². The molecular formula is C38H54AcN5O6-. The molecule has 2 aromatic rings. The second-order valence-electron chi connectivity index (χ2n) is 13.1. The molecule has 0 spiro atoms. The molecule has 3 rings (SSSR count). The van der Waals surface area contributed by atoms with Gasteiger partial charge in [0, 0.05) is 50.0 Å². The van der Waals surface area contributed by atoms with Crippen LogP contribution in [0.4, 0.5) is 0 Å². The monoisotopic (exact) mass is 903 g/mol. The minimum Gasteiger partial charge on any atom is -0.667 e. The topological polar surface area (TPSA) is 178 Å². The molecule has 1 saturated carbocycles. The number of nitrogens with one attached hydrogen (secondary N) is 5. The predicted octanol–water partition coefficient (Wildman–Crippen LogP) is 5.24. The van der Waals surface area contributed by atoms with E-state index < -0.39 is 65.7 Å². The van der Waals surface area contributed by atoms with Gasteiger partial charge in [0.15, 0.2) is 0 Å². The summed E-state index contributed by atoms with van der Waals surface area (Å²) in [4.78, 5) is 66.8. The molecule has 0 aromatic heterocycles. The average Bonchev–Trinajstić information content (AvgIpc) is 3.11. The van der Waals surface area contributed by atoms with E-state index >= 15 is 0 Å². The molecule has 12 heteroatoms. The van der Waals surface area contributed by atoms with E-state index in [0.29, 0.717) is 25.7 Å². The van der Waals surface area contributed by atoms with Crippen LogP contribution in [0.3, 0.4) is 0 Å². The van der Waals surface area contributed by atoms with Crippen molar-refractivity contribution in [1.82, 2.24) is 21.3 Å². The summed E-state index contributed by atoms with van der Waals surface area (Å²) in [6, 6.07) is 13.2. The van der Waals surface area contributed by atoms with Crippen molar-refractivity contribution in [1.29, 1.82) is 0 Å². The number of carbonyl (C=O) groups excluding carboxylic acids is 4. The Labute approximate surface area is 332 Å².